The van der Waals surface area contributed by atoms with E-state index in [9.17, 15) is 17.6 Å². The van der Waals surface area contributed by atoms with Gasteiger partial charge >= 0.3 is 6.18 Å². The van der Waals surface area contributed by atoms with E-state index in [1.54, 1.807) is 0 Å². The van der Waals surface area contributed by atoms with Crippen LogP contribution in [0.3, 0.4) is 0 Å². The smallest absolute Gasteiger partial charge is 0.278 e. The van der Waals surface area contributed by atoms with Crippen LogP contribution >= 0.6 is 0 Å². The van der Waals surface area contributed by atoms with Crippen LogP contribution in [0, 0.1) is 5.82 Å². The van der Waals surface area contributed by atoms with E-state index in [4.69, 9.17) is 0 Å². The van der Waals surface area contributed by atoms with Crippen molar-refractivity contribution in [1.82, 2.24) is 10.2 Å². The van der Waals surface area contributed by atoms with E-state index in [2.05, 4.69) is 10.2 Å². The molecule has 0 aliphatic heterocycles. The number of H-pyrrole nitrogens is 1. The maximum Gasteiger partial charge on any atom is 0.419 e. The van der Waals surface area contributed by atoms with Crippen molar-refractivity contribution in [1.29, 1.82) is 0 Å². The molecule has 0 radical (unpaired) electrons. The highest BCUT2D eigenvalue weighted by Gasteiger charge is 2.34. The number of halogens is 4. The Morgan fingerprint density at radius 3 is 2.57 bits per heavy atom. The molecule has 2 nitrogen and oxygen atoms in total. The summed E-state index contributed by atoms with van der Waals surface area (Å²) in [6, 6.07) is 1.51. The monoisotopic (exact) mass is 204 g/mol. The lowest BCUT2D eigenvalue weighted by Gasteiger charge is -2.07. The van der Waals surface area contributed by atoms with Gasteiger partial charge in [0.1, 0.15) is 5.82 Å². The van der Waals surface area contributed by atoms with Gasteiger partial charge in [-0.1, -0.05) is 0 Å². The van der Waals surface area contributed by atoms with Gasteiger partial charge in [-0.3, -0.25) is 5.10 Å². The average molecular weight is 204 g/mol. The molecule has 1 aromatic heterocycles. The van der Waals surface area contributed by atoms with Crippen LogP contribution in [0.1, 0.15) is 5.56 Å². The van der Waals surface area contributed by atoms with Crippen LogP contribution < -0.4 is 0 Å². The van der Waals surface area contributed by atoms with E-state index >= 15 is 0 Å². The maximum atomic E-state index is 12.9. The Kier molecular flexibility index (Phi) is 1.73. The summed E-state index contributed by atoms with van der Waals surface area (Å²) in [5.41, 5.74) is -1.03. The van der Waals surface area contributed by atoms with Gasteiger partial charge in [-0.2, -0.15) is 18.3 Å². The number of hydrogen-bond donors (Lipinski definition) is 1. The fraction of sp³-hybridized carbons (Fsp3) is 0.125. The zero-order valence-electron chi connectivity index (χ0n) is 6.69. The topological polar surface area (TPSA) is 28.7 Å². The molecule has 1 aromatic carbocycles. The van der Waals surface area contributed by atoms with Crippen molar-refractivity contribution in [2.24, 2.45) is 0 Å². The van der Waals surface area contributed by atoms with E-state index in [1.807, 2.05) is 0 Å². The number of aromatic nitrogens is 2. The number of aromatic amines is 1. The second-order valence-corrected chi connectivity index (χ2v) is 2.79. The zero-order chi connectivity index (χ0) is 10.3. The molecule has 2 rings (SSSR count). The quantitative estimate of drug-likeness (QED) is 0.656. The molecule has 0 unspecified atom stereocenters. The highest BCUT2D eigenvalue weighted by Crippen LogP contribution is 2.33. The van der Waals surface area contributed by atoms with Crippen molar-refractivity contribution >= 4 is 10.9 Å². The van der Waals surface area contributed by atoms with Crippen LogP contribution in [-0.4, -0.2) is 10.2 Å². The number of nitrogens with one attached hydrogen (secondary N) is 1. The number of fused-ring (bicyclic) bond motifs is 1. The summed E-state index contributed by atoms with van der Waals surface area (Å²) in [5, 5.41) is 6.12. The summed E-state index contributed by atoms with van der Waals surface area (Å²) in [5.74, 6) is -1.30. The Morgan fingerprint density at radius 2 is 1.93 bits per heavy atom. The van der Waals surface area contributed by atoms with E-state index in [1.165, 1.54) is 6.20 Å². The second-order valence-electron chi connectivity index (χ2n) is 2.79. The number of hydrogen-bond acceptors (Lipinski definition) is 1. The van der Waals surface area contributed by atoms with Crippen LogP contribution in [0.25, 0.3) is 10.9 Å². The van der Waals surface area contributed by atoms with Crippen molar-refractivity contribution in [3.63, 3.8) is 0 Å². The summed E-state index contributed by atoms with van der Waals surface area (Å²) in [7, 11) is 0. The molecule has 14 heavy (non-hydrogen) atoms. The first-order chi connectivity index (χ1) is 6.48. The van der Waals surface area contributed by atoms with Gasteiger partial charge in [0, 0.05) is 11.5 Å². The van der Waals surface area contributed by atoms with E-state index in [-0.39, 0.29) is 10.9 Å². The number of benzene rings is 1. The van der Waals surface area contributed by atoms with Gasteiger partial charge in [-0.05, 0) is 6.07 Å². The molecule has 0 amide bonds. The minimum atomic E-state index is -4.67. The SMILES string of the molecule is Fc1cc2[nH]ncc2cc1C(F)(F)F. The Balaban J connectivity index is 2.71. The zero-order valence-corrected chi connectivity index (χ0v) is 6.69. The van der Waals surface area contributed by atoms with Gasteiger partial charge in [0.05, 0.1) is 17.3 Å². The molecular weight excluding hydrogens is 200 g/mol. The highest BCUT2D eigenvalue weighted by atomic mass is 19.4. The van der Waals surface area contributed by atoms with Crippen LogP contribution in [-0.2, 0) is 6.18 Å². The molecule has 0 saturated heterocycles. The molecule has 6 heteroatoms. The lowest BCUT2D eigenvalue weighted by atomic mass is 10.1. The summed E-state index contributed by atoms with van der Waals surface area (Å²) in [6.45, 7) is 0. The highest BCUT2D eigenvalue weighted by molar-refractivity contribution is 5.78. The van der Waals surface area contributed by atoms with Crippen LogP contribution in [0.15, 0.2) is 18.3 Å². The van der Waals surface area contributed by atoms with Gasteiger partial charge in [0.25, 0.3) is 0 Å². The average Bonchev–Trinajstić information content (AvgIpc) is 2.47. The normalized spacial score (nSPS) is 12.3. The molecule has 0 saturated carbocycles. The Hall–Kier alpha value is -1.59. The lowest BCUT2D eigenvalue weighted by Crippen LogP contribution is -2.07. The number of alkyl halides is 3. The predicted octanol–water partition coefficient (Wildman–Crippen LogP) is 2.72. The van der Waals surface area contributed by atoms with Gasteiger partial charge in [-0.25, -0.2) is 4.39 Å². The van der Waals surface area contributed by atoms with Gasteiger partial charge in [0.2, 0.25) is 0 Å². The van der Waals surface area contributed by atoms with E-state index < -0.39 is 17.6 Å². The second kappa shape index (κ2) is 2.70. The third kappa shape index (κ3) is 1.32. The largest absolute Gasteiger partial charge is 0.419 e. The van der Waals surface area contributed by atoms with Crippen molar-refractivity contribution in [3.8, 4) is 0 Å². The van der Waals surface area contributed by atoms with Gasteiger partial charge < -0.3 is 0 Å². The first-order valence-corrected chi connectivity index (χ1v) is 3.68. The minimum Gasteiger partial charge on any atom is -0.278 e. The standard InChI is InChI=1S/C8H4F4N2/c9-6-2-7-4(3-13-14-7)1-5(6)8(10,11)12/h1-3H,(H,13,14). The summed E-state index contributed by atoms with van der Waals surface area (Å²) in [6.07, 6.45) is -3.46. The molecular formula is C8H4F4N2. The lowest BCUT2D eigenvalue weighted by molar-refractivity contribution is -0.139. The summed E-state index contributed by atoms with van der Waals surface area (Å²) < 4.78 is 49.6. The van der Waals surface area contributed by atoms with Gasteiger partial charge in [0.15, 0.2) is 0 Å². The molecule has 0 atom stereocenters. The Morgan fingerprint density at radius 1 is 1.21 bits per heavy atom. The Labute approximate surface area is 75.5 Å². The van der Waals surface area contributed by atoms with Crippen LogP contribution in [0.5, 0.6) is 0 Å². The van der Waals surface area contributed by atoms with E-state index in [0.717, 1.165) is 12.1 Å². The Bertz CT molecular complexity index is 472. The number of nitrogens with zero attached hydrogens (tertiary/aromatic N) is 1. The molecule has 1 heterocycles. The third-order valence-electron chi connectivity index (χ3n) is 1.83. The first kappa shape index (κ1) is 8.98. The molecule has 0 aliphatic rings. The molecule has 0 spiro atoms. The van der Waals surface area contributed by atoms with Crippen LogP contribution in [0.2, 0.25) is 0 Å². The third-order valence-corrected chi connectivity index (χ3v) is 1.83. The number of rotatable bonds is 0. The first-order valence-electron chi connectivity index (χ1n) is 3.68. The van der Waals surface area contributed by atoms with Crippen molar-refractivity contribution in [3.05, 3.63) is 29.7 Å². The van der Waals surface area contributed by atoms with Gasteiger partial charge in [-0.15, -0.1) is 0 Å². The van der Waals surface area contributed by atoms with Crippen molar-refractivity contribution in [2.45, 2.75) is 6.18 Å². The van der Waals surface area contributed by atoms with E-state index in [0.29, 0.717) is 0 Å². The fourth-order valence-corrected chi connectivity index (χ4v) is 1.18. The molecule has 0 fully saturated rings. The molecule has 0 bridgehead atoms. The van der Waals surface area contributed by atoms with Crippen LogP contribution in [0.4, 0.5) is 17.6 Å². The predicted molar refractivity (Wildman–Crippen MR) is 41.1 cm³/mol. The van der Waals surface area contributed by atoms with Crippen molar-refractivity contribution < 1.29 is 17.6 Å². The van der Waals surface area contributed by atoms with Crippen molar-refractivity contribution in [2.75, 3.05) is 0 Å². The molecule has 2 aromatic rings. The molecule has 74 valence electrons. The molecule has 0 aliphatic carbocycles. The summed E-state index contributed by atoms with van der Waals surface area (Å²) in [4.78, 5) is 0. The summed E-state index contributed by atoms with van der Waals surface area (Å²) >= 11 is 0. The fourth-order valence-electron chi connectivity index (χ4n) is 1.18. The molecule has 1 N–H and O–H groups in total. The maximum absolute atomic E-state index is 12.9. The minimum absolute atomic E-state index is 0.235.